The number of amides is 1. The first-order valence-corrected chi connectivity index (χ1v) is 8.61. The molecule has 0 fully saturated rings. The van der Waals surface area contributed by atoms with Crippen molar-refractivity contribution in [1.29, 1.82) is 0 Å². The molecule has 0 aliphatic rings. The Morgan fingerprint density at radius 2 is 1.89 bits per heavy atom. The molecule has 2 aromatic carbocycles. The molecule has 0 saturated carbocycles. The van der Waals surface area contributed by atoms with Crippen molar-refractivity contribution < 1.29 is 14.3 Å². The fourth-order valence-electron chi connectivity index (χ4n) is 2.69. The Morgan fingerprint density at radius 3 is 2.63 bits per heavy atom. The molecule has 2 N–H and O–H groups in total. The summed E-state index contributed by atoms with van der Waals surface area (Å²) < 4.78 is 13.9. The largest absolute Gasteiger partial charge is 0.395 e. The number of carbonyl (C=O) groups excluding carboxylic acids is 1. The van der Waals surface area contributed by atoms with Crippen LogP contribution in [0.5, 0.6) is 0 Å². The van der Waals surface area contributed by atoms with Crippen LogP contribution in [0.2, 0.25) is 0 Å². The van der Waals surface area contributed by atoms with Gasteiger partial charge in [-0.1, -0.05) is 54.6 Å². The van der Waals surface area contributed by atoms with Gasteiger partial charge in [0.15, 0.2) is 0 Å². The number of aromatic amines is 1. The number of halogens is 1. The van der Waals surface area contributed by atoms with Crippen molar-refractivity contribution in [3.05, 3.63) is 83.8 Å². The minimum absolute atomic E-state index is 0.154. The molecule has 3 rings (SSSR count). The van der Waals surface area contributed by atoms with Crippen LogP contribution in [0.3, 0.4) is 0 Å². The molecular formula is C21H20FN3O2. The quantitative estimate of drug-likeness (QED) is 0.675. The number of rotatable bonds is 7. The van der Waals surface area contributed by atoms with Crippen molar-refractivity contribution in [2.24, 2.45) is 0 Å². The molecular weight excluding hydrogens is 345 g/mol. The van der Waals surface area contributed by atoms with Gasteiger partial charge in [-0.15, -0.1) is 0 Å². The van der Waals surface area contributed by atoms with Crippen molar-refractivity contribution in [3.63, 3.8) is 0 Å². The zero-order valence-electron chi connectivity index (χ0n) is 14.7. The molecule has 138 valence electrons. The maximum Gasteiger partial charge on any atom is 0.272 e. The number of aliphatic hydroxyl groups is 1. The molecule has 0 atom stereocenters. The van der Waals surface area contributed by atoms with Crippen LogP contribution in [-0.2, 0) is 0 Å². The number of nitrogens with one attached hydrogen (secondary N) is 1. The number of carbonyl (C=O) groups is 1. The third-order valence-corrected chi connectivity index (χ3v) is 4.05. The van der Waals surface area contributed by atoms with E-state index >= 15 is 0 Å². The highest BCUT2D eigenvalue weighted by atomic mass is 19.1. The minimum atomic E-state index is -0.402. The van der Waals surface area contributed by atoms with Crippen LogP contribution in [0.25, 0.3) is 17.3 Å². The SMILES string of the molecule is O=C(c1cc(-c2ccccc2F)n[nH]1)N(CC=Cc1ccccc1)CCO. The van der Waals surface area contributed by atoms with Gasteiger partial charge in [0.1, 0.15) is 11.5 Å². The predicted molar refractivity (Wildman–Crippen MR) is 102 cm³/mol. The molecule has 0 unspecified atom stereocenters. The maximum atomic E-state index is 13.9. The molecule has 0 bridgehead atoms. The van der Waals surface area contributed by atoms with Crippen molar-refractivity contribution >= 4 is 12.0 Å². The number of benzene rings is 2. The van der Waals surface area contributed by atoms with Crippen molar-refractivity contribution in [2.45, 2.75) is 0 Å². The van der Waals surface area contributed by atoms with Gasteiger partial charge in [0.05, 0.1) is 12.3 Å². The van der Waals surface area contributed by atoms with E-state index in [0.29, 0.717) is 17.8 Å². The number of aromatic nitrogens is 2. The van der Waals surface area contributed by atoms with Crippen LogP contribution in [0.4, 0.5) is 4.39 Å². The molecule has 0 aliphatic heterocycles. The number of H-pyrrole nitrogens is 1. The second kappa shape index (κ2) is 8.91. The fourth-order valence-corrected chi connectivity index (χ4v) is 2.69. The van der Waals surface area contributed by atoms with E-state index < -0.39 is 5.82 Å². The van der Waals surface area contributed by atoms with Gasteiger partial charge in [0, 0.05) is 18.7 Å². The van der Waals surface area contributed by atoms with E-state index in [9.17, 15) is 14.3 Å². The van der Waals surface area contributed by atoms with E-state index in [4.69, 9.17) is 0 Å². The molecule has 1 amide bonds. The lowest BCUT2D eigenvalue weighted by Gasteiger charge is -2.19. The molecule has 27 heavy (non-hydrogen) atoms. The van der Waals surface area contributed by atoms with Crippen LogP contribution in [0.15, 0.2) is 66.7 Å². The Hall–Kier alpha value is -3.25. The van der Waals surface area contributed by atoms with Crippen molar-refractivity contribution in [2.75, 3.05) is 19.7 Å². The van der Waals surface area contributed by atoms with E-state index in [0.717, 1.165) is 5.56 Å². The highest BCUT2D eigenvalue weighted by molar-refractivity contribution is 5.93. The normalized spacial score (nSPS) is 11.0. The summed E-state index contributed by atoms with van der Waals surface area (Å²) in [4.78, 5) is 14.2. The summed E-state index contributed by atoms with van der Waals surface area (Å²) in [5.41, 5.74) is 1.96. The summed E-state index contributed by atoms with van der Waals surface area (Å²) in [5.74, 6) is -0.710. The number of aliphatic hydroxyl groups excluding tert-OH is 1. The Bertz CT molecular complexity index is 922. The minimum Gasteiger partial charge on any atom is -0.395 e. The number of hydrogen-bond acceptors (Lipinski definition) is 3. The summed E-state index contributed by atoms with van der Waals surface area (Å²) in [6, 6.07) is 17.5. The lowest BCUT2D eigenvalue weighted by molar-refractivity contribution is 0.0737. The monoisotopic (exact) mass is 365 g/mol. The zero-order chi connectivity index (χ0) is 19.1. The summed E-state index contributed by atoms with van der Waals surface area (Å²) >= 11 is 0. The molecule has 1 heterocycles. The summed E-state index contributed by atoms with van der Waals surface area (Å²) in [6.07, 6.45) is 3.77. The van der Waals surface area contributed by atoms with Crippen LogP contribution in [-0.4, -0.2) is 45.8 Å². The standard InChI is InChI=1S/C21H20FN3O2/c22-18-11-5-4-10-17(18)19-15-20(24-23-19)21(27)25(13-14-26)12-6-9-16-7-2-1-3-8-16/h1-11,15,26H,12-14H2,(H,23,24). The van der Waals surface area contributed by atoms with Gasteiger partial charge in [0.2, 0.25) is 0 Å². The average molecular weight is 365 g/mol. The van der Waals surface area contributed by atoms with Crippen LogP contribution < -0.4 is 0 Å². The smallest absolute Gasteiger partial charge is 0.272 e. The first kappa shape index (κ1) is 18.5. The molecule has 3 aromatic rings. The molecule has 0 spiro atoms. The summed E-state index contributed by atoms with van der Waals surface area (Å²) in [6.45, 7) is 0.369. The zero-order valence-corrected chi connectivity index (χ0v) is 14.7. The number of hydrogen-bond donors (Lipinski definition) is 2. The van der Waals surface area contributed by atoms with Gasteiger partial charge >= 0.3 is 0 Å². The maximum absolute atomic E-state index is 13.9. The van der Waals surface area contributed by atoms with Crippen LogP contribution in [0.1, 0.15) is 16.1 Å². The van der Waals surface area contributed by atoms with Gasteiger partial charge in [0.25, 0.3) is 5.91 Å². The molecule has 1 aromatic heterocycles. The molecule has 0 radical (unpaired) electrons. The van der Waals surface area contributed by atoms with Gasteiger partial charge in [-0.05, 0) is 23.8 Å². The van der Waals surface area contributed by atoms with E-state index in [2.05, 4.69) is 10.2 Å². The predicted octanol–water partition coefficient (Wildman–Crippen LogP) is 3.36. The highest BCUT2D eigenvalue weighted by Crippen LogP contribution is 2.21. The number of nitrogens with zero attached hydrogens (tertiary/aromatic N) is 2. The first-order chi connectivity index (χ1) is 13.2. The topological polar surface area (TPSA) is 69.2 Å². The Labute approximate surface area is 156 Å². The molecule has 5 nitrogen and oxygen atoms in total. The van der Waals surface area contributed by atoms with E-state index in [1.54, 1.807) is 18.2 Å². The van der Waals surface area contributed by atoms with E-state index in [1.807, 2.05) is 42.5 Å². The van der Waals surface area contributed by atoms with Crippen molar-refractivity contribution in [3.8, 4) is 11.3 Å². The van der Waals surface area contributed by atoms with Gasteiger partial charge < -0.3 is 10.0 Å². The van der Waals surface area contributed by atoms with Crippen LogP contribution in [0, 0.1) is 5.82 Å². The van der Waals surface area contributed by atoms with Gasteiger partial charge in [-0.2, -0.15) is 5.10 Å². The van der Waals surface area contributed by atoms with Gasteiger partial charge in [-0.3, -0.25) is 9.89 Å². The van der Waals surface area contributed by atoms with Crippen LogP contribution >= 0.6 is 0 Å². The summed E-state index contributed by atoms with van der Waals surface area (Å²) in [7, 11) is 0. The van der Waals surface area contributed by atoms with Gasteiger partial charge in [-0.25, -0.2) is 4.39 Å². The third-order valence-electron chi connectivity index (χ3n) is 4.05. The van der Waals surface area contributed by atoms with E-state index in [-0.39, 0.29) is 24.8 Å². The van der Waals surface area contributed by atoms with E-state index in [1.165, 1.54) is 17.0 Å². The molecule has 0 aliphatic carbocycles. The fraction of sp³-hybridized carbons (Fsp3) is 0.143. The molecule has 0 saturated heterocycles. The Morgan fingerprint density at radius 1 is 1.15 bits per heavy atom. The third kappa shape index (κ3) is 4.68. The second-order valence-corrected chi connectivity index (χ2v) is 5.93. The lowest BCUT2D eigenvalue weighted by atomic mass is 10.1. The Kier molecular flexibility index (Phi) is 6.12. The average Bonchev–Trinajstić information content (AvgIpc) is 3.18. The summed E-state index contributed by atoms with van der Waals surface area (Å²) in [5, 5.41) is 16.0. The lowest BCUT2D eigenvalue weighted by Crippen LogP contribution is -2.34. The molecule has 6 heteroatoms. The Balaban J connectivity index is 1.73. The second-order valence-electron chi connectivity index (χ2n) is 5.93. The van der Waals surface area contributed by atoms with Crippen molar-refractivity contribution in [1.82, 2.24) is 15.1 Å². The first-order valence-electron chi connectivity index (χ1n) is 8.61. The highest BCUT2D eigenvalue weighted by Gasteiger charge is 2.18.